The molecule has 1 heterocycles. The number of nitrogens with zero attached hydrogens (tertiary/aromatic N) is 2. The van der Waals surface area contributed by atoms with Crippen LogP contribution in [0.15, 0.2) is 16.8 Å². The Morgan fingerprint density at radius 2 is 2.25 bits per heavy atom. The number of aromatic nitrogens is 2. The van der Waals surface area contributed by atoms with Crippen LogP contribution in [0.2, 0.25) is 0 Å². The fourth-order valence-corrected chi connectivity index (χ4v) is 1.34. The van der Waals surface area contributed by atoms with Gasteiger partial charge in [-0.1, -0.05) is 0 Å². The zero-order chi connectivity index (χ0) is 11.7. The van der Waals surface area contributed by atoms with Crippen molar-refractivity contribution in [1.82, 2.24) is 5.16 Å². The van der Waals surface area contributed by atoms with Gasteiger partial charge in [0.05, 0.1) is 24.9 Å². The van der Waals surface area contributed by atoms with E-state index in [1.807, 2.05) is 0 Å². The highest BCUT2D eigenvalue weighted by Gasteiger charge is 2.19. The summed E-state index contributed by atoms with van der Waals surface area (Å²) in [6, 6.07) is 2.75. The monoisotopic (exact) mass is 224 g/mol. The van der Waals surface area contributed by atoms with E-state index < -0.39 is 5.97 Å². The second-order valence-electron chi connectivity index (χ2n) is 2.97. The molecule has 0 unspecified atom stereocenters. The molecule has 7 nitrogen and oxygen atoms in total. The lowest BCUT2D eigenvalue weighted by Gasteiger charge is -2.01. The molecule has 0 radical (unpaired) electrons. The Morgan fingerprint density at radius 3 is 2.88 bits per heavy atom. The molecule has 7 heteroatoms. The molecule has 0 N–H and O–H groups in total. The second kappa shape index (κ2) is 3.69. The lowest BCUT2D eigenvalue weighted by molar-refractivity contribution is -0.782. The van der Waals surface area contributed by atoms with Gasteiger partial charge in [-0.05, 0) is 11.0 Å². The number of benzene rings is 1. The number of fused-ring (bicyclic) bond motifs is 1. The molecule has 0 spiro atoms. The minimum atomic E-state index is -0.568. The summed E-state index contributed by atoms with van der Waals surface area (Å²) in [4.78, 5) is 11.5. The highest BCUT2D eigenvalue weighted by atomic mass is 16.8. The zero-order valence-electron chi connectivity index (χ0n) is 8.59. The maximum Gasteiger partial charge on any atom is 0.338 e. The first kappa shape index (κ1) is 10.2. The van der Waals surface area contributed by atoms with E-state index in [4.69, 9.17) is 4.74 Å². The van der Waals surface area contributed by atoms with Crippen molar-refractivity contribution in [1.29, 1.82) is 0 Å². The van der Waals surface area contributed by atoms with E-state index in [1.165, 1.54) is 26.4 Å². The Bertz CT molecular complexity index is 548. The smallest absolute Gasteiger partial charge is 0.338 e. The van der Waals surface area contributed by atoms with Crippen LogP contribution in [-0.4, -0.2) is 25.3 Å². The fraction of sp³-hybridized carbons (Fsp3) is 0.222. The third-order valence-electron chi connectivity index (χ3n) is 2.10. The summed E-state index contributed by atoms with van der Waals surface area (Å²) in [5.74, 6) is -0.294. The first-order chi connectivity index (χ1) is 7.67. The highest BCUT2D eigenvalue weighted by molar-refractivity contribution is 5.94. The van der Waals surface area contributed by atoms with Crippen molar-refractivity contribution < 1.29 is 23.8 Å². The van der Waals surface area contributed by atoms with Crippen molar-refractivity contribution >= 4 is 17.0 Å². The van der Waals surface area contributed by atoms with Crippen LogP contribution in [0, 0.1) is 5.21 Å². The van der Waals surface area contributed by atoms with Crippen molar-refractivity contribution in [2.75, 3.05) is 14.2 Å². The zero-order valence-corrected chi connectivity index (χ0v) is 8.59. The van der Waals surface area contributed by atoms with Crippen LogP contribution < -0.4 is 9.64 Å². The normalized spacial score (nSPS) is 10.4. The van der Waals surface area contributed by atoms with Gasteiger partial charge in [0.15, 0.2) is 5.75 Å². The molecule has 2 aromatic rings. The van der Waals surface area contributed by atoms with Gasteiger partial charge in [0.2, 0.25) is 5.52 Å². The van der Waals surface area contributed by atoms with E-state index in [1.54, 1.807) is 0 Å². The summed E-state index contributed by atoms with van der Waals surface area (Å²) in [6.45, 7) is 0. The number of carbonyl (C=O) groups is 1. The van der Waals surface area contributed by atoms with E-state index in [0.29, 0.717) is 0 Å². The number of rotatable bonds is 2. The van der Waals surface area contributed by atoms with Gasteiger partial charge in [-0.25, -0.2) is 4.79 Å². The molecule has 0 aliphatic heterocycles. The summed E-state index contributed by atoms with van der Waals surface area (Å²) in [5, 5.41) is 14.7. The van der Waals surface area contributed by atoms with Gasteiger partial charge in [-0.15, -0.1) is 0 Å². The van der Waals surface area contributed by atoms with Crippen molar-refractivity contribution in [2.24, 2.45) is 0 Å². The van der Waals surface area contributed by atoms with Gasteiger partial charge in [-0.2, -0.15) is 0 Å². The molecule has 2 rings (SSSR count). The van der Waals surface area contributed by atoms with Crippen LogP contribution in [0.3, 0.4) is 0 Å². The molecule has 0 bridgehead atoms. The summed E-state index contributed by atoms with van der Waals surface area (Å²) >= 11 is 0. The number of hydrogen-bond donors (Lipinski definition) is 0. The summed E-state index contributed by atoms with van der Waals surface area (Å²) in [7, 11) is 2.65. The van der Waals surface area contributed by atoms with Crippen LogP contribution in [0.1, 0.15) is 10.4 Å². The molecule has 0 saturated heterocycles. The van der Waals surface area contributed by atoms with Crippen molar-refractivity contribution in [3.63, 3.8) is 0 Å². The van der Waals surface area contributed by atoms with Crippen LogP contribution in [0.5, 0.6) is 5.75 Å². The number of carbonyl (C=O) groups excluding carboxylic acids is 1. The molecule has 1 aromatic heterocycles. The number of esters is 1. The van der Waals surface area contributed by atoms with E-state index in [9.17, 15) is 10.0 Å². The fourth-order valence-electron chi connectivity index (χ4n) is 1.34. The first-order valence-electron chi connectivity index (χ1n) is 4.33. The van der Waals surface area contributed by atoms with Gasteiger partial charge in [-0.3, -0.25) is 4.63 Å². The standard InChI is InChI=1S/C9H8N2O5/c1-14-7-4-5(9(12)15-2)3-6-8(7)10-16-11(6)13/h3-4H,1-2H3. The van der Waals surface area contributed by atoms with Crippen LogP contribution in [-0.2, 0) is 4.74 Å². The van der Waals surface area contributed by atoms with Crippen LogP contribution in [0.25, 0.3) is 11.0 Å². The van der Waals surface area contributed by atoms with Crippen LogP contribution in [0.4, 0.5) is 0 Å². The minimum Gasteiger partial charge on any atom is -0.492 e. The first-order valence-corrected chi connectivity index (χ1v) is 4.33. The summed E-state index contributed by atoms with van der Waals surface area (Å²) in [5.41, 5.74) is 0.560. The molecular formula is C9H8N2O5. The van der Waals surface area contributed by atoms with Gasteiger partial charge in [0.1, 0.15) is 0 Å². The quantitative estimate of drug-likeness (QED) is 0.536. The number of methoxy groups -OCH3 is 2. The molecule has 0 saturated carbocycles. The Labute approximate surface area is 89.7 Å². The third kappa shape index (κ3) is 1.42. The maximum atomic E-state index is 11.3. The molecule has 84 valence electrons. The average Bonchev–Trinajstić information content (AvgIpc) is 2.69. The van der Waals surface area contributed by atoms with Gasteiger partial charge < -0.3 is 14.7 Å². The topological polar surface area (TPSA) is 88.5 Å². The molecule has 0 amide bonds. The van der Waals surface area contributed by atoms with Crippen LogP contribution >= 0.6 is 0 Å². The van der Waals surface area contributed by atoms with Gasteiger partial charge >= 0.3 is 5.97 Å². The summed E-state index contributed by atoms with van der Waals surface area (Å²) in [6.07, 6.45) is 0. The SMILES string of the molecule is COC(=O)c1cc(OC)c2no[n+]([O-])c2c1. The van der Waals surface area contributed by atoms with Crippen molar-refractivity contribution in [3.05, 3.63) is 22.9 Å². The van der Waals surface area contributed by atoms with E-state index >= 15 is 0 Å². The Balaban J connectivity index is 2.70. The molecule has 0 aliphatic carbocycles. The number of hydrogen-bond acceptors (Lipinski definition) is 6. The predicted octanol–water partition coefficient (Wildman–Crippen LogP) is 0.256. The molecule has 0 atom stereocenters. The number of ether oxygens (including phenoxy) is 2. The predicted molar refractivity (Wildman–Crippen MR) is 50.9 cm³/mol. The molecule has 16 heavy (non-hydrogen) atoms. The van der Waals surface area contributed by atoms with E-state index in [2.05, 4.69) is 14.5 Å². The maximum absolute atomic E-state index is 11.3. The molecular weight excluding hydrogens is 216 g/mol. The largest absolute Gasteiger partial charge is 0.492 e. The summed E-state index contributed by atoms with van der Waals surface area (Å²) < 4.78 is 13.9. The van der Waals surface area contributed by atoms with Gasteiger partial charge in [0, 0.05) is 6.07 Å². The average molecular weight is 224 g/mol. The lowest BCUT2D eigenvalue weighted by atomic mass is 10.2. The van der Waals surface area contributed by atoms with E-state index in [-0.39, 0.29) is 27.2 Å². The Kier molecular flexibility index (Phi) is 2.35. The van der Waals surface area contributed by atoms with Crippen molar-refractivity contribution in [3.8, 4) is 5.75 Å². The van der Waals surface area contributed by atoms with Crippen molar-refractivity contribution in [2.45, 2.75) is 0 Å². The Morgan fingerprint density at radius 1 is 1.50 bits per heavy atom. The second-order valence-corrected chi connectivity index (χ2v) is 2.97. The highest BCUT2D eigenvalue weighted by Crippen LogP contribution is 2.24. The molecule has 1 aromatic carbocycles. The molecule has 0 aliphatic rings. The Hall–Kier alpha value is -2.31. The molecule has 0 fully saturated rings. The van der Waals surface area contributed by atoms with Gasteiger partial charge in [0.25, 0.3) is 5.52 Å². The minimum absolute atomic E-state index is 0.111. The van der Waals surface area contributed by atoms with E-state index in [0.717, 1.165) is 0 Å². The third-order valence-corrected chi connectivity index (χ3v) is 2.10. The lowest BCUT2D eigenvalue weighted by Crippen LogP contribution is -2.22.